The molecule has 0 saturated carbocycles. The second-order valence-electron chi connectivity index (χ2n) is 5.28. The number of aliphatic hydroxyl groups is 1. The number of H-pyrrole nitrogens is 1. The van der Waals surface area contributed by atoms with Crippen LogP contribution in [0.4, 0.5) is 5.82 Å². The third-order valence-electron chi connectivity index (χ3n) is 4.06. The van der Waals surface area contributed by atoms with E-state index in [1.54, 1.807) is 6.20 Å². The molecule has 0 radical (unpaired) electrons. The van der Waals surface area contributed by atoms with Crippen LogP contribution in [0.15, 0.2) is 30.5 Å². The molecule has 0 fully saturated rings. The number of anilines is 1. The molecule has 2 atom stereocenters. The predicted molar refractivity (Wildman–Crippen MR) is 74.7 cm³/mol. The summed E-state index contributed by atoms with van der Waals surface area (Å²) in [5.74, 6) is 0.880. The van der Waals surface area contributed by atoms with Gasteiger partial charge in [0.05, 0.1) is 12.3 Å². The molecular weight excluding hydrogens is 238 g/mol. The SMILES string of the molecule is Nc1[nH]ncc1C(O)CC1CCCc2ccccc21. The maximum Gasteiger partial charge on any atom is 0.124 e. The van der Waals surface area contributed by atoms with Crippen molar-refractivity contribution in [1.82, 2.24) is 10.2 Å². The number of nitrogen functional groups attached to an aromatic ring is 1. The van der Waals surface area contributed by atoms with E-state index in [1.165, 1.54) is 17.5 Å². The fraction of sp³-hybridized carbons (Fsp3) is 0.400. The van der Waals surface area contributed by atoms with Gasteiger partial charge in [-0.1, -0.05) is 24.3 Å². The number of aromatic amines is 1. The van der Waals surface area contributed by atoms with Crippen LogP contribution in [0.3, 0.4) is 0 Å². The molecule has 0 amide bonds. The summed E-state index contributed by atoms with van der Waals surface area (Å²) in [6, 6.07) is 8.55. The summed E-state index contributed by atoms with van der Waals surface area (Å²) in [5, 5.41) is 16.9. The summed E-state index contributed by atoms with van der Waals surface area (Å²) in [7, 11) is 0. The molecule has 100 valence electrons. The molecule has 1 aliphatic carbocycles. The van der Waals surface area contributed by atoms with Crippen LogP contribution in [0.5, 0.6) is 0 Å². The number of hydrogen-bond donors (Lipinski definition) is 3. The van der Waals surface area contributed by atoms with Crippen LogP contribution >= 0.6 is 0 Å². The van der Waals surface area contributed by atoms with Gasteiger partial charge >= 0.3 is 0 Å². The van der Waals surface area contributed by atoms with Crippen LogP contribution in [-0.4, -0.2) is 15.3 Å². The fourth-order valence-electron chi connectivity index (χ4n) is 3.07. The molecule has 1 aromatic heterocycles. The van der Waals surface area contributed by atoms with Gasteiger partial charge in [-0.05, 0) is 42.7 Å². The van der Waals surface area contributed by atoms with Gasteiger partial charge in [-0.25, -0.2) is 0 Å². The van der Waals surface area contributed by atoms with Crippen LogP contribution < -0.4 is 5.73 Å². The molecule has 4 heteroatoms. The number of rotatable bonds is 3. The van der Waals surface area contributed by atoms with Gasteiger partial charge in [0.15, 0.2) is 0 Å². The maximum absolute atomic E-state index is 10.3. The number of fused-ring (bicyclic) bond motifs is 1. The molecule has 2 aromatic rings. The molecule has 0 aliphatic heterocycles. The molecule has 1 aromatic carbocycles. The minimum Gasteiger partial charge on any atom is -0.388 e. The van der Waals surface area contributed by atoms with Crippen molar-refractivity contribution >= 4 is 5.82 Å². The van der Waals surface area contributed by atoms with Crippen LogP contribution in [0.25, 0.3) is 0 Å². The average molecular weight is 257 g/mol. The smallest absolute Gasteiger partial charge is 0.124 e. The van der Waals surface area contributed by atoms with E-state index in [-0.39, 0.29) is 0 Å². The normalized spacial score (nSPS) is 19.9. The highest BCUT2D eigenvalue weighted by Crippen LogP contribution is 2.38. The Labute approximate surface area is 112 Å². The second-order valence-corrected chi connectivity index (χ2v) is 5.28. The zero-order valence-electron chi connectivity index (χ0n) is 10.8. The van der Waals surface area contributed by atoms with E-state index >= 15 is 0 Å². The molecule has 1 heterocycles. The van der Waals surface area contributed by atoms with Crippen molar-refractivity contribution in [2.24, 2.45) is 0 Å². The van der Waals surface area contributed by atoms with E-state index in [1.807, 2.05) is 0 Å². The lowest BCUT2D eigenvalue weighted by Crippen LogP contribution is -2.13. The molecule has 0 bridgehead atoms. The molecular formula is C15H19N3O. The van der Waals surface area contributed by atoms with E-state index in [0.717, 1.165) is 12.8 Å². The summed E-state index contributed by atoms with van der Waals surface area (Å²) in [6.45, 7) is 0. The van der Waals surface area contributed by atoms with Crippen LogP contribution in [0.1, 0.15) is 48.0 Å². The number of hydrogen-bond acceptors (Lipinski definition) is 3. The minimum atomic E-state index is -0.546. The highest BCUT2D eigenvalue weighted by molar-refractivity contribution is 5.39. The predicted octanol–water partition coefficient (Wildman–Crippen LogP) is 2.54. The quantitative estimate of drug-likeness (QED) is 0.791. The molecule has 0 spiro atoms. The summed E-state index contributed by atoms with van der Waals surface area (Å²) >= 11 is 0. The first-order valence-corrected chi connectivity index (χ1v) is 6.80. The molecule has 0 saturated heterocycles. The Kier molecular flexibility index (Phi) is 3.25. The van der Waals surface area contributed by atoms with Crippen LogP contribution in [-0.2, 0) is 6.42 Å². The highest BCUT2D eigenvalue weighted by Gasteiger charge is 2.24. The van der Waals surface area contributed by atoms with E-state index in [0.29, 0.717) is 23.7 Å². The van der Waals surface area contributed by atoms with Crippen molar-refractivity contribution in [3.8, 4) is 0 Å². The fourth-order valence-corrected chi connectivity index (χ4v) is 3.07. The van der Waals surface area contributed by atoms with Gasteiger partial charge in [-0.2, -0.15) is 5.10 Å². The first-order chi connectivity index (χ1) is 9.25. The standard InChI is InChI=1S/C15H19N3O/c16-15-13(9-17-18-15)14(19)8-11-6-3-5-10-4-1-2-7-12(10)11/h1-2,4,7,9,11,14,19H,3,5-6,8H2,(H3,16,17,18). The first kappa shape index (κ1) is 12.2. The van der Waals surface area contributed by atoms with E-state index in [4.69, 9.17) is 5.73 Å². The number of nitrogens with two attached hydrogens (primary N) is 1. The second kappa shape index (κ2) is 5.05. The zero-order valence-corrected chi connectivity index (χ0v) is 10.8. The Morgan fingerprint density at radius 1 is 1.42 bits per heavy atom. The number of aliphatic hydroxyl groups excluding tert-OH is 1. The Morgan fingerprint density at radius 3 is 3.05 bits per heavy atom. The molecule has 19 heavy (non-hydrogen) atoms. The Balaban J connectivity index is 1.80. The number of nitrogens with zero attached hydrogens (tertiary/aromatic N) is 1. The Bertz CT molecular complexity index is 564. The lowest BCUT2D eigenvalue weighted by Gasteiger charge is -2.27. The summed E-state index contributed by atoms with van der Waals surface area (Å²) < 4.78 is 0. The maximum atomic E-state index is 10.3. The van der Waals surface area contributed by atoms with Gasteiger partial charge in [-0.15, -0.1) is 0 Å². The number of nitrogens with one attached hydrogen (secondary N) is 1. The topological polar surface area (TPSA) is 74.9 Å². The number of aromatic nitrogens is 2. The van der Waals surface area contributed by atoms with Crippen molar-refractivity contribution in [3.05, 3.63) is 47.2 Å². The van der Waals surface area contributed by atoms with Gasteiger partial charge < -0.3 is 10.8 Å². The van der Waals surface area contributed by atoms with Crippen molar-refractivity contribution < 1.29 is 5.11 Å². The molecule has 1 aliphatic rings. The first-order valence-electron chi connectivity index (χ1n) is 6.80. The summed E-state index contributed by atoms with van der Waals surface area (Å²) in [6.07, 6.45) is 5.25. The minimum absolute atomic E-state index is 0.411. The third-order valence-corrected chi connectivity index (χ3v) is 4.06. The van der Waals surface area contributed by atoms with Crippen molar-refractivity contribution in [1.29, 1.82) is 0 Å². The van der Waals surface area contributed by atoms with E-state index in [2.05, 4.69) is 34.5 Å². The average Bonchev–Trinajstić information content (AvgIpc) is 2.85. The third kappa shape index (κ3) is 2.36. The van der Waals surface area contributed by atoms with Gasteiger partial charge in [0.25, 0.3) is 0 Å². The molecule has 3 rings (SSSR count). The number of benzene rings is 1. The summed E-state index contributed by atoms with van der Waals surface area (Å²) in [5.41, 5.74) is 9.28. The van der Waals surface area contributed by atoms with Gasteiger partial charge in [0, 0.05) is 5.56 Å². The number of aryl methyl sites for hydroxylation is 1. The molecule has 4 N–H and O–H groups in total. The van der Waals surface area contributed by atoms with E-state index in [9.17, 15) is 5.11 Å². The highest BCUT2D eigenvalue weighted by atomic mass is 16.3. The van der Waals surface area contributed by atoms with Gasteiger partial charge in [0.1, 0.15) is 5.82 Å². The van der Waals surface area contributed by atoms with Crippen LogP contribution in [0, 0.1) is 0 Å². The lowest BCUT2D eigenvalue weighted by atomic mass is 9.79. The van der Waals surface area contributed by atoms with E-state index < -0.39 is 6.10 Å². The Hall–Kier alpha value is -1.81. The Morgan fingerprint density at radius 2 is 2.26 bits per heavy atom. The van der Waals surface area contributed by atoms with Gasteiger partial charge in [-0.3, -0.25) is 5.10 Å². The van der Waals surface area contributed by atoms with Crippen molar-refractivity contribution in [3.63, 3.8) is 0 Å². The monoisotopic (exact) mass is 257 g/mol. The molecule has 2 unspecified atom stereocenters. The van der Waals surface area contributed by atoms with Crippen LogP contribution in [0.2, 0.25) is 0 Å². The van der Waals surface area contributed by atoms with Gasteiger partial charge in [0.2, 0.25) is 0 Å². The lowest BCUT2D eigenvalue weighted by molar-refractivity contribution is 0.155. The largest absolute Gasteiger partial charge is 0.388 e. The van der Waals surface area contributed by atoms with Crippen molar-refractivity contribution in [2.75, 3.05) is 5.73 Å². The molecule has 4 nitrogen and oxygen atoms in total. The summed E-state index contributed by atoms with van der Waals surface area (Å²) in [4.78, 5) is 0. The zero-order chi connectivity index (χ0) is 13.2. The van der Waals surface area contributed by atoms with Crippen molar-refractivity contribution in [2.45, 2.75) is 37.7 Å².